The van der Waals surface area contributed by atoms with Crippen molar-refractivity contribution in [1.82, 2.24) is 20.2 Å². The van der Waals surface area contributed by atoms with E-state index in [0.29, 0.717) is 29.7 Å². The Morgan fingerprint density at radius 3 is 2.67 bits per heavy atom. The quantitative estimate of drug-likeness (QED) is 0.724. The Kier molecular flexibility index (Phi) is 5.58. The summed E-state index contributed by atoms with van der Waals surface area (Å²) in [6.07, 6.45) is 0.668. The number of likely N-dealkylation sites (N-methyl/N-ethyl adjacent to an activating group) is 1. The molecule has 7 heteroatoms. The van der Waals surface area contributed by atoms with Crippen LogP contribution >= 0.6 is 12.4 Å². The standard InChI is InChI=1S/C20H20N4O2.ClH/c1-24(12-18-22-16-9-5-4-8-15(16)19(25)23-18)20(26)17-10-13-6-2-3-7-14(13)11-21-17;/h2-9,17,21H,10-12H2,1H3,(H,22,23,25);1H/t17-;/m1./s1. The van der Waals surface area contributed by atoms with E-state index in [1.807, 2.05) is 18.2 Å². The van der Waals surface area contributed by atoms with Crippen LogP contribution < -0.4 is 10.9 Å². The molecule has 1 aliphatic heterocycles. The van der Waals surface area contributed by atoms with E-state index in [1.54, 1.807) is 30.1 Å². The highest BCUT2D eigenvalue weighted by molar-refractivity contribution is 5.85. The molecular formula is C20H21ClN4O2. The zero-order valence-corrected chi connectivity index (χ0v) is 15.8. The van der Waals surface area contributed by atoms with Gasteiger partial charge in [0, 0.05) is 13.6 Å². The van der Waals surface area contributed by atoms with Gasteiger partial charge in [-0.2, -0.15) is 0 Å². The number of H-pyrrole nitrogens is 1. The summed E-state index contributed by atoms with van der Waals surface area (Å²) in [7, 11) is 1.74. The van der Waals surface area contributed by atoms with Gasteiger partial charge >= 0.3 is 0 Å². The topological polar surface area (TPSA) is 78.1 Å². The van der Waals surface area contributed by atoms with Crippen LogP contribution in [0.5, 0.6) is 0 Å². The molecule has 0 aliphatic carbocycles. The smallest absolute Gasteiger partial charge is 0.258 e. The van der Waals surface area contributed by atoms with Crippen LogP contribution in [0.1, 0.15) is 17.0 Å². The van der Waals surface area contributed by atoms with Gasteiger partial charge in [0.25, 0.3) is 5.56 Å². The molecule has 0 unspecified atom stereocenters. The maximum absolute atomic E-state index is 12.8. The number of rotatable bonds is 3. The minimum absolute atomic E-state index is 0. The zero-order chi connectivity index (χ0) is 18.1. The molecule has 0 fully saturated rings. The van der Waals surface area contributed by atoms with Crippen LogP contribution in [0.4, 0.5) is 0 Å². The van der Waals surface area contributed by atoms with Crippen molar-refractivity contribution in [3.8, 4) is 0 Å². The van der Waals surface area contributed by atoms with Gasteiger partial charge in [-0.1, -0.05) is 36.4 Å². The van der Waals surface area contributed by atoms with E-state index in [2.05, 4.69) is 27.4 Å². The van der Waals surface area contributed by atoms with Crippen molar-refractivity contribution in [1.29, 1.82) is 0 Å². The Balaban J connectivity index is 0.00000210. The van der Waals surface area contributed by atoms with Crippen molar-refractivity contribution in [2.75, 3.05) is 7.05 Å². The van der Waals surface area contributed by atoms with Crippen LogP contribution in [0, 0.1) is 0 Å². The first-order chi connectivity index (χ1) is 12.6. The number of benzene rings is 2. The minimum Gasteiger partial charge on any atom is -0.337 e. The summed E-state index contributed by atoms with van der Waals surface area (Å²) in [5.41, 5.74) is 2.89. The second-order valence-corrected chi connectivity index (χ2v) is 6.63. The fraction of sp³-hybridized carbons (Fsp3) is 0.250. The number of hydrogen-bond acceptors (Lipinski definition) is 4. The lowest BCUT2D eigenvalue weighted by molar-refractivity contribution is -0.133. The first-order valence-electron chi connectivity index (χ1n) is 8.65. The van der Waals surface area contributed by atoms with Gasteiger partial charge in [-0.05, 0) is 29.7 Å². The van der Waals surface area contributed by atoms with Gasteiger partial charge in [0.05, 0.1) is 23.5 Å². The van der Waals surface area contributed by atoms with E-state index in [9.17, 15) is 9.59 Å². The molecule has 1 aliphatic rings. The number of fused-ring (bicyclic) bond motifs is 2. The molecule has 0 saturated carbocycles. The molecule has 0 radical (unpaired) electrons. The second-order valence-electron chi connectivity index (χ2n) is 6.63. The van der Waals surface area contributed by atoms with E-state index >= 15 is 0 Å². The average molecular weight is 385 g/mol. The van der Waals surface area contributed by atoms with Crippen LogP contribution in [-0.4, -0.2) is 33.9 Å². The van der Waals surface area contributed by atoms with E-state index in [0.717, 1.165) is 0 Å². The number of hydrogen-bond donors (Lipinski definition) is 2. The minimum atomic E-state index is -0.262. The Hall–Kier alpha value is -2.70. The summed E-state index contributed by atoms with van der Waals surface area (Å²) in [4.78, 5) is 33.8. The molecule has 1 aromatic heterocycles. The zero-order valence-electron chi connectivity index (χ0n) is 14.9. The molecule has 1 amide bonds. The SMILES string of the molecule is CN(Cc1nc2ccccc2c(=O)[nH]1)C(=O)[C@H]1Cc2ccccc2CN1.Cl. The third kappa shape index (κ3) is 3.86. The van der Waals surface area contributed by atoms with Crippen LogP contribution in [0.2, 0.25) is 0 Å². The molecule has 2 aromatic carbocycles. The number of carbonyl (C=O) groups is 1. The fourth-order valence-electron chi connectivity index (χ4n) is 3.41. The summed E-state index contributed by atoms with van der Waals surface area (Å²) >= 11 is 0. The first-order valence-corrected chi connectivity index (χ1v) is 8.65. The van der Waals surface area contributed by atoms with Gasteiger partial charge in [0.1, 0.15) is 5.82 Å². The first kappa shape index (κ1) is 19.1. The van der Waals surface area contributed by atoms with E-state index in [-0.39, 0.29) is 36.5 Å². The van der Waals surface area contributed by atoms with Crippen molar-refractivity contribution >= 4 is 29.2 Å². The third-order valence-electron chi connectivity index (χ3n) is 4.80. The summed E-state index contributed by atoms with van der Waals surface area (Å²) < 4.78 is 0. The average Bonchev–Trinajstić information content (AvgIpc) is 2.67. The molecule has 3 aromatic rings. The van der Waals surface area contributed by atoms with Gasteiger partial charge in [-0.3, -0.25) is 9.59 Å². The number of nitrogens with zero attached hydrogens (tertiary/aromatic N) is 2. The van der Waals surface area contributed by atoms with Crippen molar-refractivity contribution in [2.45, 2.75) is 25.6 Å². The highest BCUT2D eigenvalue weighted by atomic mass is 35.5. The highest BCUT2D eigenvalue weighted by Gasteiger charge is 2.26. The van der Waals surface area contributed by atoms with Gasteiger partial charge in [0.2, 0.25) is 5.91 Å². The summed E-state index contributed by atoms with van der Waals surface area (Å²) in [6.45, 7) is 0.949. The Bertz CT molecular complexity index is 1030. The van der Waals surface area contributed by atoms with Crippen LogP contribution in [0.25, 0.3) is 10.9 Å². The van der Waals surface area contributed by atoms with Gasteiger partial charge in [-0.25, -0.2) is 4.98 Å². The summed E-state index contributed by atoms with van der Waals surface area (Å²) in [6, 6.07) is 15.1. The lowest BCUT2D eigenvalue weighted by Gasteiger charge is -2.28. The van der Waals surface area contributed by atoms with E-state index in [1.165, 1.54) is 11.1 Å². The maximum Gasteiger partial charge on any atom is 0.258 e. The highest BCUT2D eigenvalue weighted by Crippen LogP contribution is 2.17. The Morgan fingerprint density at radius 1 is 1.15 bits per heavy atom. The Morgan fingerprint density at radius 2 is 1.85 bits per heavy atom. The number of amides is 1. The number of nitrogens with one attached hydrogen (secondary N) is 2. The lowest BCUT2D eigenvalue weighted by atomic mass is 9.95. The molecule has 1 atom stereocenters. The molecule has 0 bridgehead atoms. The number of aromatic amines is 1. The molecule has 4 rings (SSSR count). The molecule has 0 saturated heterocycles. The molecule has 2 heterocycles. The van der Waals surface area contributed by atoms with Gasteiger partial charge < -0.3 is 15.2 Å². The second kappa shape index (κ2) is 7.90. The maximum atomic E-state index is 12.8. The molecule has 0 spiro atoms. The number of halogens is 1. The normalized spacial score (nSPS) is 15.7. The molecule has 2 N–H and O–H groups in total. The predicted octanol–water partition coefficient (Wildman–Crippen LogP) is 2.02. The van der Waals surface area contributed by atoms with E-state index in [4.69, 9.17) is 0 Å². The summed E-state index contributed by atoms with van der Waals surface area (Å²) in [5, 5.41) is 3.85. The number of aromatic nitrogens is 2. The molecular weight excluding hydrogens is 364 g/mol. The largest absolute Gasteiger partial charge is 0.337 e. The number of carbonyl (C=O) groups excluding carboxylic acids is 1. The summed E-state index contributed by atoms with van der Waals surface area (Å²) in [5.74, 6) is 0.482. The van der Waals surface area contributed by atoms with Crippen LogP contribution in [-0.2, 0) is 24.3 Å². The Labute approximate surface area is 163 Å². The van der Waals surface area contributed by atoms with Gasteiger partial charge in [0.15, 0.2) is 0 Å². The third-order valence-corrected chi connectivity index (χ3v) is 4.80. The van der Waals surface area contributed by atoms with Crippen molar-refractivity contribution in [3.05, 3.63) is 75.8 Å². The predicted molar refractivity (Wildman–Crippen MR) is 107 cm³/mol. The van der Waals surface area contributed by atoms with Crippen molar-refractivity contribution < 1.29 is 4.79 Å². The van der Waals surface area contributed by atoms with Crippen LogP contribution in [0.3, 0.4) is 0 Å². The van der Waals surface area contributed by atoms with Gasteiger partial charge in [-0.15, -0.1) is 12.4 Å². The fourth-order valence-corrected chi connectivity index (χ4v) is 3.41. The molecule has 140 valence electrons. The van der Waals surface area contributed by atoms with Crippen molar-refractivity contribution in [3.63, 3.8) is 0 Å². The molecule has 6 nitrogen and oxygen atoms in total. The van der Waals surface area contributed by atoms with Crippen molar-refractivity contribution in [2.24, 2.45) is 0 Å². The lowest BCUT2D eigenvalue weighted by Crippen LogP contribution is -2.48. The monoisotopic (exact) mass is 384 g/mol. The van der Waals surface area contributed by atoms with E-state index < -0.39 is 0 Å². The van der Waals surface area contributed by atoms with Crippen LogP contribution in [0.15, 0.2) is 53.3 Å². The molecule has 27 heavy (non-hydrogen) atoms. The number of para-hydroxylation sites is 1.